The van der Waals surface area contributed by atoms with E-state index >= 15 is 0 Å². The highest BCUT2D eigenvalue weighted by Crippen LogP contribution is 2.24. The molecule has 0 aliphatic carbocycles. The van der Waals surface area contributed by atoms with E-state index in [-0.39, 0.29) is 11.9 Å². The fourth-order valence-corrected chi connectivity index (χ4v) is 1.46. The Kier molecular flexibility index (Phi) is 2.81. The first-order valence-electron chi connectivity index (χ1n) is 5.02. The van der Waals surface area contributed by atoms with Gasteiger partial charge in [-0.1, -0.05) is 0 Å². The molecule has 1 unspecified atom stereocenters. The summed E-state index contributed by atoms with van der Waals surface area (Å²) in [5.41, 5.74) is 6.74. The first-order valence-corrected chi connectivity index (χ1v) is 5.02. The summed E-state index contributed by atoms with van der Waals surface area (Å²) in [6.07, 6.45) is 1.57. The third-order valence-corrected chi connectivity index (χ3v) is 2.32. The summed E-state index contributed by atoms with van der Waals surface area (Å²) >= 11 is 0. The molecule has 3 N–H and O–H groups in total. The smallest absolute Gasteiger partial charge is 0.167 e. The lowest BCUT2D eigenvalue weighted by Gasteiger charge is -2.14. The van der Waals surface area contributed by atoms with Crippen molar-refractivity contribution in [2.45, 2.75) is 13.0 Å². The van der Waals surface area contributed by atoms with E-state index in [1.807, 2.05) is 19.1 Å². The van der Waals surface area contributed by atoms with Gasteiger partial charge in [0.25, 0.3) is 0 Å². The number of ether oxygens (including phenoxy) is 1. The molecule has 0 saturated carbocycles. The van der Waals surface area contributed by atoms with Crippen molar-refractivity contribution in [2.24, 2.45) is 0 Å². The van der Waals surface area contributed by atoms with Crippen LogP contribution in [0.1, 0.15) is 18.7 Å². The number of nitrogens with one attached hydrogen (secondary N) is 1. The van der Waals surface area contributed by atoms with Gasteiger partial charge in [0, 0.05) is 18.0 Å². The van der Waals surface area contributed by atoms with Crippen LogP contribution >= 0.6 is 0 Å². The zero-order chi connectivity index (χ0) is 11.5. The molecule has 0 spiro atoms. The van der Waals surface area contributed by atoms with Crippen LogP contribution in [0.5, 0.6) is 5.75 Å². The van der Waals surface area contributed by atoms with E-state index < -0.39 is 5.82 Å². The van der Waals surface area contributed by atoms with Gasteiger partial charge in [0.2, 0.25) is 0 Å². The molecule has 0 radical (unpaired) electrons. The molecule has 84 valence electrons. The highest BCUT2D eigenvalue weighted by atomic mass is 19.1. The molecule has 1 heterocycles. The van der Waals surface area contributed by atoms with Crippen molar-refractivity contribution in [3.8, 4) is 5.75 Å². The zero-order valence-electron chi connectivity index (χ0n) is 8.91. The summed E-state index contributed by atoms with van der Waals surface area (Å²) in [5.74, 6) is -0.241. The van der Waals surface area contributed by atoms with Crippen molar-refractivity contribution in [1.82, 2.24) is 4.98 Å². The molecule has 0 fully saturated rings. The SMILES string of the molecule is CC(Oc1ccc(N)cc1F)c1ccc[nH]1. The third kappa shape index (κ3) is 2.16. The number of hydrogen-bond acceptors (Lipinski definition) is 2. The predicted molar refractivity (Wildman–Crippen MR) is 60.6 cm³/mol. The van der Waals surface area contributed by atoms with Gasteiger partial charge in [-0.25, -0.2) is 4.39 Å². The number of nitrogens with two attached hydrogens (primary N) is 1. The van der Waals surface area contributed by atoms with Gasteiger partial charge in [0.1, 0.15) is 6.10 Å². The molecule has 0 saturated heterocycles. The minimum atomic E-state index is -0.446. The van der Waals surface area contributed by atoms with E-state index in [1.165, 1.54) is 12.1 Å². The largest absolute Gasteiger partial charge is 0.481 e. The standard InChI is InChI=1S/C12H13FN2O/c1-8(11-3-2-6-15-11)16-12-5-4-9(14)7-10(12)13/h2-8,15H,14H2,1H3. The zero-order valence-corrected chi connectivity index (χ0v) is 8.91. The molecule has 2 aromatic rings. The highest BCUT2D eigenvalue weighted by molar-refractivity contribution is 5.42. The maximum absolute atomic E-state index is 13.4. The Morgan fingerprint density at radius 3 is 2.81 bits per heavy atom. The highest BCUT2D eigenvalue weighted by Gasteiger charge is 2.11. The molecule has 1 atom stereocenters. The Hall–Kier alpha value is -1.97. The molecule has 1 aromatic heterocycles. The lowest BCUT2D eigenvalue weighted by Crippen LogP contribution is -2.04. The van der Waals surface area contributed by atoms with Crippen LogP contribution in [0.25, 0.3) is 0 Å². The molecule has 3 nitrogen and oxygen atoms in total. The number of benzene rings is 1. The van der Waals surface area contributed by atoms with Crippen LogP contribution in [0.15, 0.2) is 36.5 Å². The summed E-state index contributed by atoms with van der Waals surface area (Å²) in [4.78, 5) is 3.02. The first-order chi connectivity index (χ1) is 7.66. The predicted octanol–water partition coefficient (Wildman–Crippen LogP) is 2.88. The van der Waals surface area contributed by atoms with Crippen LogP contribution in [0.3, 0.4) is 0 Å². The van der Waals surface area contributed by atoms with Crippen molar-refractivity contribution in [3.05, 3.63) is 48.0 Å². The van der Waals surface area contributed by atoms with Gasteiger partial charge >= 0.3 is 0 Å². The summed E-state index contributed by atoms with van der Waals surface area (Å²) in [7, 11) is 0. The number of rotatable bonds is 3. The third-order valence-electron chi connectivity index (χ3n) is 2.32. The molecule has 16 heavy (non-hydrogen) atoms. The van der Waals surface area contributed by atoms with E-state index in [9.17, 15) is 4.39 Å². The number of halogens is 1. The second-order valence-corrected chi connectivity index (χ2v) is 3.58. The fourth-order valence-electron chi connectivity index (χ4n) is 1.46. The summed E-state index contributed by atoms with van der Waals surface area (Å²) in [6, 6.07) is 8.15. The second kappa shape index (κ2) is 4.26. The number of nitrogen functional groups attached to an aromatic ring is 1. The molecule has 0 amide bonds. The van der Waals surface area contributed by atoms with Gasteiger partial charge in [-0.2, -0.15) is 0 Å². The average Bonchev–Trinajstić information content (AvgIpc) is 2.75. The van der Waals surface area contributed by atoms with E-state index in [4.69, 9.17) is 10.5 Å². The van der Waals surface area contributed by atoms with Crippen molar-refractivity contribution < 1.29 is 9.13 Å². The Bertz CT molecular complexity index is 468. The summed E-state index contributed by atoms with van der Waals surface area (Å²) in [6.45, 7) is 1.85. The molecule has 2 rings (SSSR count). The van der Waals surface area contributed by atoms with Gasteiger partial charge < -0.3 is 15.5 Å². The molecular formula is C12H13FN2O. The quantitative estimate of drug-likeness (QED) is 0.781. The number of anilines is 1. The van der Waals surface area contributed by atoms with E-state index in [1.54, 1.807) is 12.3 Å². The fraction of sp³-hybridized carbons (Fsp3) is 0.167. The lowest BCUT2D eigenvalue weighted by molar-refractivity contribution is 0.212. The maximum atomic E-state index is 13.4. The van der Waals surface area contributed by atoms with Crippen LogP contribution < -0.4 is 10.5 Å². The van der Waals surface area contributed by atoms with Gasteiger partial charge in [-0.05, 0) is 31.2 Å². The van der Waals surface area contributed by atoms with Crippen LogP contribution in [0, 0.1) is 5.82 Å². The van der Waals surface area contributed by atoms with Crippen LogP contribution in [-0.2, 0) is 0 Å². The van der Waals surface area contributed by atoms with E-state index in [0.29, 0.717) is 5.69 Å². The monoisotopic (exact) mass is 220 g/mol. The van der Waals surface area contributed by atoms with Crippen molar-refractivity contribution in [2.75, 3.05) is 5.73 Å². The van der Waals surface area contributed by atoms with Crippen LogP contribution in [0.2, 0.25) is 0 Å². The topological polar surface area (TPSA) is 51.0 Å². The molecular weight excluding hydrogens is 207 g/mol. The Labute approximate surface area is 93.0 Å². The van der Waals surface area contributed by atoms with Crippen molar-refractivity contribution >= 4 is 5.69 Å². The van der Waals surface area contributed by atoms with Crippen LogP contribution in [-0.4, -0.2) is 4.98 Å². The van der Waals surface area contributed by atoms with Crippen molar-refractivity contribution in [1.29, 1.82) is 0 Å². The first kappa shape index (κ1) is 10.5. The summed E-state index contributed by atoms with van der Waals surface area (Å²) in [5, 5.41) is 0. The Balaban J connectivity index is 2.15. The molecule has 0 aliphatic heterocycles. The number of hydrogen-bond donors (Lipinski definition) is 2. The van der Waals surface area contributed by atoms with E-state index in [2.05, 4.69) is 4.98 Å². The average molecular weight is 220 g/mol. The molecule has 0 aliphatic rings. The van der Waals surface area contributed by atoms with Gasteiger partial charge in [-0.15, -0.1) is 0 Å². The van der Waals surface area contributed by atoms with Gasteiger partial charge in [-0.3, -0.25) is 0 Å². The second-order valence-electron chi connectivity index (χ2n) is 3.58. The number of aromatic amines is 1. The molecule has 4 heteroatoms. The molecule has 0 bridgehead atoms. The lowest BCUT2D eigenvalue weighted by atomic mass is 10.2. The van der Waals surface area contributed by atoms with Gasteiger partial charge in [0.15, 0.2) is 11.6 Å². The minimum Gasteiger partial charge on any atom is -0.481 e. The summed E-state index contributed by atoms with van der Waals surface area (Å²) < 4.78 is 18.9. The minimum absolute atomic E-state index is 0.205. The normalized spacial score (nSPS) is 12.4. The van der Waals surface area contributed by atoms with Gasteiger partial charge in [0.05, 0.1) is 5.69 Å². The molecule has 1 aromatic carbocycles. The van der Waals surface area contributed by atoms with Crippen molar-refractivity contribution in [3.63, 3.8) is 0 Å². The maximum Gasteiger partial charge on any atom is 0.167 e. The Morgan fingerprint density at radius 1 is 1.38 bits per heavy atom. The number of aromatic nitrogens is 1. The van der Waals surface area contributed by atoms with Crippen LogP contribution in [0.4, 0.5) is 10.1 Å². The Morgan fingerprint density at radius 2 is 2.19 bits per heavy atom. The van der Waals surface area contributed by atoms with E-state index in [0.717, 1.165) is 5.69 Å². The number of H-pyrrole nitrogens is 1.